The predicted molar refractivity (Wildman–Crippen MR) is 104 cm³/mol. The van der Waals surface area contributed by atoms with Crippen LogP contribution in [-0.2, 0) is 4.74 Å². The summed E-state index contributed by atoms with van der Waals surface area (Å²) in [6.07, 6.45) is 4.98. The van der Waals surface area contributed by atoms with E-state index in [0.717, 1.165) is 55.7 Å². The summed E-state index contributed by atoms with van der Waals surface area (Å²) in [5.41, 5.74) is 4.95. The summed E-state index contributed by atoms with van der Waals surface area (Å²) in [6, 6.07) is 2.38. The molecule has 2 N–H and O–H groups in total. The van der Waals surface area contributed by atoms with E-state index >= 15 is 0 Å². The number of aromatic nitrogens is 3. The van der Waals surface area contributed by atoms with Gasteiger partial charge in [-0.3, -0.25) is 9.55 Å². The number of aromatic amines is 1. The average molecular weight is 387 g/mol. The number of pyridine rings is 1. The predicted octanol–water partition coefficient (Wildman–Crippen LogP) is 2.60. The molecule has 6 nitrogen and oxygen atoms in total. The topological polar surface area (TPSA) is 71.9 Å². The summed E-state index contributed by atoms with van der Waals surface area (Å²) in [5, 5.41) is 3.35. The van der Waals surface area contributed by atoms with Gasteiger partial charge in [0.15, 0.2) is 5.65 Å². The van der Waals surface area contributed by atoms with Crippen LogP contribution in [0.25, 0.3) is 16.7 Å². The highest BCUT2D eigenvalue weighted by atomic mass is 35.5. The van der Waals surface area contributed by atoms with Gasteiger partial charge in [0.05, 0.1) is 18.7 Å². The van der Waals surface area contributed by atoms with Crippen molar-refractivity contribution in [2.75, 3.05) is 26.3 Å². The van der Waals surface area contributed by atoms with Gasteiger partial charge in [-0.2, -0.15) is 0 Å². The number of hydrogen-bond donors (Lipinski definition) is 2. The Balaban J connectivity index is 0.00000113. The SMILES string of the molecule is Cc1nc2[nH]c(=O)n(C3CCNCC3)c2cc1C1=CCOCC1.Cl.Cl. The third-order valence-electron chi connectivity index (χ3n) is 4.88. The highest BCUT2D eigenvalue weighted by molar-refractivity contribution is 5.85. The fourth-order valence-corrected chi connectivity index (χ4v) is 3.67. The number of imidazole rings is 1. The molecule has 0 bridgehead atoms. The molecule has 138 valence electrons. The lowest BCUT2D eigenvalue weighted by molar-refractivity contribution is 0.161. The first-order valence-corrected chi connectivity index (χ1v) is 8.34. The summed E-state index contributed by atoms with van der Waals surface area (Å²) in [4.78, 5) is 20.0. The number of piperidine rings is 1. The van der Waals surface area contributed by atoms with Crippen molar-refractivity contribution in [3.8, 4) is 0 Å². The summed E-state index contributed by atoms with van der Waals surface area (Å²) < 4.78 is 7.32. The monoisotopic (exact) mass is 386 g/mol. The lowest BCUT2D eigenvalue weighted by Gasteiger charge is -2.24. The van der Waals surface area contributed by atoms with Crippen molar-refractivity contribution >= 4 is 41.6 Å². The van der Waals surface area contributed by atoms with E-state index < -0.39 is 0 Å². The molecule has 2 aromatic rings. The van der Waals surface area contributed by atoms with E-state index in [9.17, 15) is 4.79 Å². The van der Waals surface area contributed by atoms with Crippen LogP contribution < -0.4 is 11.0 Å². The molecule has 0 saturated carbocycles. The molecule has 2 aromatic heterocycles. The quantitative estimate of drug-likeness (QED) is 0.831. The number of rotatable bonds is 2. The summed E-state index contributed by atoms with van der Waals surface area (Å²) in [6.45, 7) is 5.32. The van der Waals surface area contributed by atoms with Crippen LogP contribution >= 0.6 is 24.8 Å². The molecule has 4 rings (SSSR count). The molecule has 8 heteroatoms. The Morgan fingerprint density at radius 3 is 2.72 bits per heavy atom. The number of hydrogen-bond acceptors (Lipinski definition) is 4. The second-order valence-corrected chi connectivity index (χ2v) is 6.32. The molecule has 0 atom stereocenters. The largest absolute Gasteiger partial charge is 0.377 e. The third-order valence-corrected chi connectivity index (χ3v) is 4.88. The van der Waals surface area contributed by atoms with Crippen LogP contribution in [0.3, 0.4) is 0 Å². The highest BCUT2D eigenvalue weighted by Gasteiger charge is 2.21. The van der Waals surface area contributed by atoms with E-state index in [2.05, 4.69) is 27.4 Å². The molecule has 25 heavy (non-hydrogen) atoms. The van der Waals surface area contributed by atoms with Crippen molar-refractivity contribution in [2.24, 2.45) is 0 Å². The molecule has 1 fully saturated rings. The molecule has 0 radical (unpaired) electrons. The summed E-state index contributed by atoms with van der Waals surface area (Å²) >= 11 is 0. The lowest BCUT2D eigenvalue weighted by atomic mass is 10.00. The van der Waals surface area contributed by atoms with Crippen molar-refractivity contribution in [2.45, 2.75) is 32.2 Å². The van der Waals surface area contributed by atoms with Crippen molar-refractivity contribution < 1.29 is 4.74 Å². The maximum atomic E-state index is 12.4. The second kappa shape index (κ2) is 8.36. The van der Waals surface area contributed by atoms with Gasteiger partial charge in [0, 0.05) is 17.3 Å². The van der Waals surface area contributed by atoms with Gasteiger partial charge >= 0.3 is 5.69 Å². The van der Waals surface area contributed by atoms with Gasteiger partial charge in [-0.05, 0) is 50.9 Å². The fraction of sp³-hybridized carbons (Fsp3) is 0.529. The maximum absolute atomic E-state index is 12.4. The molecule has 4 heterocycles. The van der Waals surface area contributed by atoms with Gasteiger partial charge in [0.25, 0.3) is 0 Å². The van der Waals surface area contributed by atoms with E-state index in [1.807, 2.05) is 11.5 Å². The van der Waals surface area contributed by atoms with Crippen molar-refractivity contribution in [3.63, 3.8) is 0 Å². The zero-order chi connectivity index (χ0) is 15.8. The zero-order valence-corrected chi connectivity index (χ0v) is 15.8. The number of ether oxygens (including phenoxy) is 1. The smallest absolute Gasteiger partial charge is 0.327 e. The number of H-pyrrole nitrogens is 1. The zero-order valence-electron chi connectivity index (χ0n) is 14.2. The van der Waals surface area contributed by atoms with Crippen LogP contribution in [0.1, 0.15) is 36.6 Å². The number of nitrogens with zero attached hydrogens (tertiary/aromatic N) is 2. The first-order valence-electron chi connectivity index (χ1n) is 8.34. The first kappa shape index (κ1) is 20.0. The summed E-state index contributed by atoms with van der Waals surface area (Å²) in [7, 11) is 0. The van der Waals surface area contributed by atoms with E-state index in [1.165, 1.54) is 5.57 Å². The normalized spacial score (nSPS) is 18.4. The standard InChI is InChI=1S/C17H22N4O2.2ClH/c1-11-14(12-4-8-23-9-5-12)10-15-16(19-11)20-17(22)21(15)13-2-6-18-7-3-13;;/h4,10,13,18H,2-3,5-9H2,1H3,(H,19,20,22);2*1H. The Kier molecular flexibility index (Phi) is 6.68. The van der Waals surface area contributed by atoms with Gasteiger partial charge < -0.3 is 10.1 Å². The molecule has 1 saturated heterocycles. The van der Waals surface area contributed by atoms with Gasteiger partial charge in [-0.15, -0.1) is 24.8 Å². The number of halogens is 2. The van der Waals surface area contributed by atoms with E-state index in [-0.39, 0.29) is 36.5 Å². The lowest BCUT2D eigenvalue weighted by Crippen LogP contribution is -2.33. The van der Waals surface area contributed by atoms with E-state index in [4.69, 9.17) is 4.74 Å². The van der Waals surface area contributed by atoms with Crippen LogP contribution in [0.15, 0.2) is 16.9 Å². The minimum atomic E-state index is -0.0445. The van der Waals surface area contributed by atoms with E-state index in [0.29, 0.717) is 12.3 Å². The van der Waals surface area contributed by atoms with Crippen LogP contribution in [0.4, 0.5) is 0 Å². The van der Waals surface area contributed by atoms with Crippen molar-refractivity contribution in [3.05, 3.63) is 33.9 Å². The Morgan fingerprint density at radius 1 is 1.28 bits per heavy atom. The Bertz CT molecular complexity index is 822. The van der Waals surface area contributed by atoms with E-state index in [1.54, 1.807) is 0 Å². The minimum Gasteiger partial charge on any atom is -0.377 e. The molecule has 0 spiro atoms. The minimum absolute atomic E-state index is 0. The van der Waals surface area contributed by atoms with Gasteiger partial charge in [-0.1, -0.05) is 6.08 Å². The van der Waals surface area contributed by atoms with Crippen LogP contribution in [-0.4, -0.2) is 40.8 Å². The molecular weight excluding hydrogens is 363 g/mol. The average Bonchev–Trinajstić information content (AvgIpc) is 2.90. The molecule has 0 amide bonds. The van der Waals surface area contributed by atoms with Crippen LogP contribution in [0.2, 0.25) is 0 Å². The van der Waals surface area contributed by atoms with Gasteiger partial charge in [0.2, 0.25) is 0 Å². The van der Waals surface area contributed by atoms with Gasteiger partial charge in [0.1, 0.15) is 0 Å². The van der Waals surface area contributed by atoms with Crippen molar-refractivity contribution in [1.82, 2.24) is 19.9 Å². The molecule has 2 aliphatic rings. The van der Waals surface area contributed by atoms with Crippen LogP contribution in [0.5, 0.6) is 0 Å². The molecule has 0 aliphatic carbocycles. The fourth-order valence-electron chi connectivity index (χ4n) is 3.67. The third kappa shape index (κ3) is 3.77. The summed E-state index contributed by atoms with van der Waals surface area (Å²) in [5.74, 6) is 0. The maximum Gasteiger partial charge on any atom is 0.327 e. The molecule has 0 aromatic carbocycles. The van der Waals surface area contributed by atoms with Gasteiger partial charge in [-0.25, -0.2) is 9.78 Å². The number of nitrogens with one attached hydrogen (secondary N) is 2. The number of fused-ring (bicyclic) bond motifs is 1. The Hall–Kier alpha value is -1.34. The van der Waals surface area contributed by atoms with Crippen molar-refractivity contribution in [1.29, 1.82) is 0 Å². The second-order valence-electron chi connectivity index (χ2n) is 6.32. The Labute approximate surface area is 158 Å². The molecule has 0 unspecified atom stereocenters. The highest BCUT2D eigenvalue weighted by Crippen LogP contribution is 2.28. The first-order chi connectivity index (χ1) is 11.2. The van der Waals surface area contributed by atoms with Crippen LogP contribution in [0, 0.1) is 6.92 Å². The Morgan fingerprint density at radius 2 is 2.04 bits per heavy atom. The number of aryl methyl sites for hydroxylation is 1. The molecular formula is C17H24Cl2N4O2. The molecule has 2 aliphatic heterocycles.